The summed E-state index contributed by atoms with van der Waals surface area (Å²) in [7, 11) is -4.01. The fourth-order valence-electron chi connectivity index (χ4n) is 1.96. The summed E-state index contributed by atoms with van der Waals surface area (Å²) in [4.78, 5) is 24.7. The normalized spacial score (nSPS) is 16.2. The quantitative estimate of drug-likeness (QED) is 0.621. The smallest absolute Gasteiger partial charge is 0.422 e. The summed E-state index contributed by atoms with van der Waals surface area (Å²) in [6.45, 7) is 1.68. The summed E-state index contributed by atoms with van der Waals surface area (Å²) < 4.78 is 27.1. The van der Waals surface area contributed by atoms with Gasteiger partial charge in [-0.3, -0.25) is 4.79 Å². The van der Waals surface area contributed by atoms with E-state index < -0.39 is 26.2 Å². The fourth-order valence-corrected chi connectivity index (χ4v) is 3.33. The number of amides is 1. The van der Waals surface area contributed by atoms with Crippen molar-refractivity contribution in [3.63, 3.8) is 0 Å². The van der Waals surface area contributed by atoms with E-state index in [2.05, 4.69) is 4.74 Å². The van der Waals surface area contributed by atoms with E-state index in [0.29, 0.717) is 5.56 Å². The van der Waals surface area contributed by atoms with Gasteiger partial charge in [-0.1, -0.05) is 23.2 Å². The number of rotatable bonds is 4. The molecule has 2 N–H and O–H groups in total. The molecular weight excluding hydrogens is 355 g/mol. The number of Topliss-reactive ketones (excluding diaryl/α,β-unsaturated/α-hetero) is 1. The Morgan fingerprint density at radius 1 is 1.41 bits per heavy atom. The van der Waals surface area contributed by atoms with Crippen LogP contribution < -0.4 is 10.3 Å². The Morgan fingerprint density at radius 3 is 2.73 bits per heavy atom. The number of sulfonamides is 1. The summed E-state index contributed by atoms with van der Waals surface area (Å²) in [5, 5.41) is 0. The zero-order valence-corrected chi connectivity index (χ0v) is 13.7. The van der Waals surface area contributed by atoms with Crippen molar-refractivity contribution in [1.82, 2.24) is 10.3 Å². The first-order valence-electron chi connectivity index (χ1n) is 6.17. The highest BCUT2D eigenvalue weighted by Crippen LogP contribution is 2.38. The van der Waals surface area contributed by atoms with Crippen molar-refractivity contribution in [1.29, 1.82) is 0 Å². The maximum Gasteiger partial charge on any atom is 0.422 e. The summed E-state index contributed by atoms with van der Waals surface area (Å²) in [6, 6.07) is 3.85. The molecule has 7 nitrogen and oxygen atoms in total. The Balaban J connectivity index is 2.21. The molecule has 1 aromatic carbocycles. The molecule has 1 aliphatic rings. The van der Waals surface area contributed by atoms with Crippen molar-refractivity contribution in [2.24, 2.45) is 0 Å². The van der Waals surface area contributed by atoms with Gasteiger partial charge < -0.3 is 4.74 Å². The van der Waals surface area contributed by atoms with Crippen molar-refractivity contribution in [2.75, 3.05) is 6.61 Å². The second-order valence-corrected chi connectivity index (χ2v) is 7.65. The molecule has 0 saturated heterocycles. The van der Waals surface area contributed by atoms with Gasteiger partial charge in [0.05, 0.1) is 11.5 Å². The van der Waals surface area contributed by atoms with Gasteiger partial charge in [-0.05, 0) is 30.7 Å². The molecule has 0 atom stereocenters. The SMILES string of the molecule is CCOC(=O)NNS(=O)(=O)c1ccc2c(c1)CC(Cl)(Cl)C2=O. The van der Waals surface area contributed by atoms with Crippen LogP contribution in [0.25, 0.3) is 0 Å². The fraction of sp³-hybridized carbons (Fsp3) is 0.333. The predicted molar refractivity (Wildman–Crippen MR) is 79.4 cm³/mol. The Hall–Kier alpha value is -1.35. The molecule has 0 aromatic heterocycles. The van der Waals surface area contributed by atoms with Crippen LogP contribution in [0.1, 0.15) is 22.8 Å². The van der Waals surface area contributed by atoms with E-state index in [1.165, 1.54) is 18.2 Å². The third kappa shape index (κ3) is 3.35. The van der Waals surface area contributed by atoms with Gasteiger partial charge >= 0.3 is 6.09 Å². The van der Waals surface area contributed by atoms with E-state index in [4.69, 9.17) is 23.2 Å². The summed E-state index contributed by atoms with van der Waals surface area (Å²) in [6.07, 6.45) is -0.915. The van der Waals surface area contributed by atoms with Crippen LogP contribution in [-0.4, -0.2) is 31.2 Å². The Morgan fingerprint density at radius 2 is 2.09 bits per heavy atom. The number of hydrazine groups is 1. The Bertz CT molecular complexity index is 733. The highest BCUT2D eigenvalue weighted by molar-refractivity contribution is 7.89. The maximum absolute atomic E-state index is 12.1. The second-order valence-electron chi connectivity index (χ2n) is 4.48. The molecular formula is C12H12Cl2N2O5S. The van der Waals surface area contributed by atoms with Crippen LogP contribution >= 0.6 is 23.2 Å². The molecule has 0 spiro atoms. The standard InChI is InChI=1S/C12H12Cl2N2O5S/c1-2-21-11(18)15-16-22(19,20)8-3-4-9-7(5-8)6-12(13,14)10(9)17/h3-5,16H,2,6H2,1H3,(H,15,18). The Kier molecular flexibility index (Phi) is 4.67. The summed E-state index contributed by atoms with van der Waals surface area (Å²) in [5.41, 5.74) is 2.60. The number of ether oxygens (including phenoxy) is 1. The molecule has 10 heteroatoms. The van der Waals surface area contributed by atoms with Crippen molar-refractivity contribution in [3.8, 4) is 0 Å². The molecule has 2 rings (SSSR count). The number of alkyl halides is 2. The van der Waals surface area contributed by atoms with Crippen LogP contribution in [-0.2, 0) is 21.2 Å². The molecule has 0 bridgehead atoms. The van der Waals surface area contributed by atoms with E-state index in [1.807, 2.05) is 10.3 Å². The molecule has 22 heavy (non-hydrogen) atoms. The zero-order chi connectivity index (χ0) is 16.5. The summed E-state index contributed by atoms with van der Waals surface area (Å²) in [5.74, 6) is -0.465. The van der Waals surface area contributed by atoms with Crippen LogP contribution in [0.3, 0.4) is 0 Å². The minimum atomic E-state index is -4.01. The van der Waals surface area contributed by atoms with Crippen LogP contribution in [0.4, 0.5) is 4.79 Å². The molecule has 0 aliphatic heterocycles. The van der Waals surface area contributed by atoms with Crippen molar-refractivity contribution < 1.29 is 22.7 Å². The number of benzene rings is 1. The maximum atomic E-state index is 12.1. The largest absolute Gasteiger partial charge is 0.449 e. The van der Waals surface area contributed by atoms with Crippen LogP contribution in [0, 0.1) is 0 Å². The molecule has 1 aromatic rings. The van der Waals surface area contributed by atoms with E-state index in [0.717, 1.165) is 0 Å². The number of halogens is 2. The van der Waals surface area contributed by atoms with Crippen LogP contribution in [0.2, 0.25) is 0 Å². The topological polar surface area (TPSA) is 102 Å². The molecule has 0 fully saturated rings. The van der Waals surface area contributed by atoms with Crippen LogP contribution in [0.15, 0.2) is 23.1 Å². The average molecular weight is 367 g/mol. The first kappa shape index (κ1) is 17.0. The first-order chi connectivity index (χ1) is 10.2. The lowest BCUT2D eigenvalue weighted by Crippen LogP contribution is -2.41. The van der Waals surface area contributed by atoms with Gasteiger partial charge in [0, 0.05) is 12.0 Å². The molecule has 1 amide bonds. The lowest BCUT2D eigenvalue weighted by Gasteiger charge is -2.09. The van der Waals surface area contributed by atoms with Gasteiger partial charge in [-0.2, -0.15) is 0 Å². The van der Waals surface area contributed by atoms with Gasteiger partial charge in [0.15, 0.2) is 10.1 Å². The van der Waals surface area contributed by atoms with Gasteiger partial charge in [0.25, 0.3) is 10.0 Å². The molecule has 0 radical (unpaired) electrons. The third-order valence-electron chi connectivity index (χ3n) is 2.94. The zero-order valence-electron chi connectivity index (χ0n) is 11.4. The molecule has 120 valence electrons. The number of nitrogens with one attached hydrogen (secondary N) is 2. The highest BCUT2D eigenvalue weighted by Gasteiger charge is 2.42. The number of fused-ring (bicyclic) bond motifs is 1. The number of hydrogen-bond acceptors (Lipinski definition) is 5. The molecule has 0 heterocycles. The average Bonchev–Trinajstić information content (AvgIpc) is 2.67. The lowest BCUT2D eigenvalue weighted by molar-refractivity contribution is 0.0985. The van der Waals surface area contributed by atoms with E-state index in [1.54, 1.807) is 6.92 Å². The molecule has 0 unspecified atom stereocenters. The predicted octanol–water partition coefficient (Wildman–Crippen LogP) is 1.54. The van der Waals surface area contributed by atoms with Gasteiger partial charge in [0.2, 0.25) is 0 Å². The Labute approximate surface area is 136 Å². The van der Waals surface area contributed by atoms with E-state index >= 15 is 0 Å². The van der Waals surface area contributed by atoms with Crippen LogP contribution in [0.5, 0.6) is 0 Å². The first-order valence-corrected chi connectivity index (χ1v) is 8.41. The number of carbonyl (C=O) groups is 2. The minimum absolute atomic E-state index is 0.0128. The minimum Gasteiger partial charge on any atom is -0.449 e. The monoisotopic (exact) mass is 366 g/mol. The molecule has 1 aliphatic carbocycles. The van der Waals surface area contributed by atoms with E-state index in [-0.39, 0.29) is 23.5 Å². The van der Waals surface area contributed by atoms with Gasteiger partial charge in [0.1, 0.15) is 0 Å². The number of ketones is 1. The van der Waals surface area contributed by atoms with Crippen molar-refractivity contribution in [3.05, 3.63) is 29.3 Å². The number of carbonyl (C=O) groups excluding carboxylic acids is 2. The van der Waals surface area contributed by atoms with Crippen molar-refractivity contribution in [2.45, 2.75) is 22.6 Å². The summed E-state index contributed by atoms with van der Waals surface area (Å²) >= 11 is 11.7. The van der Waals surface area contributed by atoms with Crippen molar-refractivity contribution >= 4 is 45.1 Å². The molecule has 0 saturated carbocycles. The van der Waals surface area contributed by atoms with Gasteiger partial charge in [-0.15, -0.1) is 4.83 Å². The third-order valence-corrected chi connectivity index (χ3v) is 4.80. The second kappa shape index (κ2) is 6.04. The van der Waals surface area contributed by atoms with E-state index in [9.17, 15) is 18.0 Å². The highest BCUT2D eigenvalue weighted by atomic mass is 35.5. The number of hydrogen-bond donors (Lipinski definition) is 2. The van der Waals surface area contributed by atoms with Gasteiger partial charge in [-0.25, -0.2) is 18.6 Å². The lowest BCUT2D eigenvalue weighted by atomic mass is 10.1.